The van der Waals surface area contributed by atoms with Crippen molar-refractivity contribution in [1.29, 1.82) is 0 Å². The minimum atomic E-state index is -0.674. The number of rotatable bonds is 7. The van der Waals surface area contributed by atoms with Gasteiger partial charge in [-0.25, -0.2) is 4.79 Å². The second kappa shape index (κ2) is 10.9. The molecule has 1 heterocycles. The SMILES string of the molecule is COc1ccccc1CC(=O)N1C[C@@H]2[C@@]3(c4ccccc4)CC[C@H](c4ccccc43)[C@]2(NC(=O)OCc2ccccc2)C1. The smallest absolute Gasteiger partial charge is 0.407 e. The molecule has 4 aliphatic rings. The van der Waals surface area contributed by atoms with Gasteiger partial charge in [0.2, 0.25) is 5.91 Å². The largest absolute Gasteiger partial charge is 0.496 e. The molecule has 2 bridgehead atoms. The average molecular weight is 573 g/mol. The number of methoxy groups -OCH3 is 1. The lowest BCUT2D eigenvalue weighted by Gasteiger charge is -2.60. The summed E-state index contributed by atoms with van der Waals surface area (Å²) in [4.78, 5) is 29.7. The van der Waals surface area contributed by atoms with Crippen LogP contribution in [0.5, 0.6) is 5.75 Å². The second-order valence-corrected chi connectivity index (χ2v) is 12.1. The van der Waals surface area contributed by atoms with Crippen molar-refractivity contribution in [3.05, 3.63) is 137 Å². The molecule has 8 rings (SSSR count). The number of benzene rings is 4. The first-order valence-corrected chi connectivity index (χ1v) is 15.1. The summed E-state index contributed by atoms with van der Waals surface area (Å²) < 4.78 is 11.4. The van der Waals surface area contributed by atoms with Gasteiger partial charge in [-0.1, -0.05) is 103 Å². The lowest BCUT2D eigenvalue weighted by Crippen LogP contribution is -2.68. The van der Waals surface area contributed by atoms with Gasteiger partial charge in [-0.15, -0.1) is 0 Å². The van der Waals surface area contributed by atoms with Crippen LogP contribution >= 0.6 is 0 Å². The molecule has 0 radical (unpaired) electrons. The fraction of sp³-hybridized carbons (Fsp3) is 0.297. The van der Waals surface area contributed by atoms with Crippen LogP contribution in [0.25, 0.3) is 0 Å². The number of carbonyl (C=O) groups is 2. The van der Waals surface area contributed by atoms with E-state index >= 15 is 0 Å². The molecule has 1 aliphatic heterocycles. The number of likely N-dealkylation sites (tertiary alicyclic amines) is 1. The highest BCUT2D eigenvalue weighted by Gasteiger charge is 2.68. The Morgan fingerprint density at radius 1 is 0.884 bits per heavy atom. The molecule has 3 aliphatic carbocycles. The van der Waals surface area contributed by atoms with E-state index in [4.69, 9.17) is 9.47 Å². The summed E-state index contributed by atoms with van der Waals surface area (Å²) in [7, 11) is 1.63. The first kappa shape index (κ1) is 27.3. The topological polar surface area (TPSA) is 67.9 Å². The third-order valence-corrected chi connectivity index (χ3v) is 10.1. The third-order valence-electron chi connectivity index (χ3n) is 10.1. The highest BCUT2D eigenvalue weighted by molar-refractivity contribution is 5.81. The number of ether oxygens (including phenoxy) is 2. The van der Waals surface area contributed by atoms with E-state index in [-0.39, 0.29) is 36.2 Å². The molecule has 0 unspecified atom stereocenters. The Morgan fingerprint density at radius 2 is 1.58 bits per heavy atom. The van der Waals surface area contributed by atoms with Gasteiger partial charge in [-0.05, 0) is 41.2 Å². The van der Waals surface area contributed by atoms with Crippen LogP contribution in [0.4, 0.5) is 4.79 Å². The molecule has 6 heteroatoms. The first-order chi connectivity index (χ1) is 21.0. The van der Waals surface area contributed by atoms with Crippen LogP contribution in [-0.4, -0.2) is 42.6 Å². The molecule has 1 saturated carbocycles. The minimum Gasteiger partial charge on any atom is -0.496 e. The number of nitrogens with zero attached hydrogens (tertiary/aromatic N) is 1. The standard InChI is InChI=1S/C37H36N2O4/c1-42-32-19-11-8-14-27(32)22-34(40)39-23-33-36(28-15-6-3-7-16-28)21-20-31(29-17-9-10-18-30(29)36)37(33,25-39)38-35(41)43-24-26-12-4-2-5-13-26/h2-19,31,33H,20-25H2,1H3,(H,38,41)/t31-,33-,36-,37-/m1/s1. The Kier molecular flexibility index (Phi) is 6.92. The van der Waals surface area contributed by atoms with Gasteiger partial charge in [0.05, 0.1) is 19.1 Å². The molecule has 43 heavy (non-hydrogen) atoms. The Hall–Kier alpha value is -4.58. The van der Waals surface area contributed by atoms with Crippen LogP contribution in [-0.2, 0) is 28.0 Å². The van der Waals surface area contributed by atoms with E-state index in [0.29, 0.717) is 18.8 Å². The van der Waals surface area contributed by atoms with E-state index in [0.717, 1.165) is 24.0 Å². The van der Waals surface area contributed by atoms with E-state index in [1.165, 1.54) is 16.7 Å². The summed E-state index contributed by atoms with van der Waals surface area (Å²) in [5.41, 5.74) is 4.58. The van der Waals surface area contributed by atoms with E-state index in [9.17, 15) is 9.59 Å². The fourth-order valence-corrected chi connectivity index (χ4v) is 8.30. The maximum atomic E-state index is 14.0. The second-order valence-electron chi connectivity index (χ2n) is 12.1. The van der Waals surface area contributed by atoms with Crippen molar-refractivity contribution < 1.29 is 19.1 Å². The van der Waals surface area contributed by atoms with Crippen molar-refractivity contribution in [3.63, 3.8) is 0 Å². The average Bonchev–Trinajstić information content (AvgIpc) is 3.47. The van der Waals surface area contributed by atoms with Crippen molar-refractivity contribution in [2.24, 2.45) is 5.92 Å². The van der Waals surface area contributed by atoms with Gasteiger partial charge < -0.3 is 19.7 Å². The van der Waals surface area contributed by atoms with Crippen molar-refractivity contribution in [1.82, 2.24) is 10.2 Å². The van der Waals surface area contributed by atoms with Gasteiger partial charge in [0.15, 0.2) is 0 Å². The first-order valence-electron chi connectivity index (χ1n) is 15.1. The van der Waals surface area contributed by atoms with Crippen molar-refractivity contribution in [2.75, 3.05) is 20.2 Å². The zero-order valence-corrected chi connectivity index (χ0v) is 24.4. The van der Waals surface area contributed by atoms with Gasteiger partial charge in [0.1, 0.15) is 12.4 Å². The lowest BCUT2D eigenvalue weighted by atomic mass is 9.45. The summed E-state index contributed by atoms with van der Waals surface area (Å²) in [5.74, 6) is 0.775. The molecule has 4 aromatic carbocycles. The zero-order valence-electron chi connectivity index (χ0n) is 24.4. The predicted molar refractivity (Wildman–Crippen MR) is 165 cm³/mol. The maximum Gasteiger partial charge on any atom is 0.407 e. The van der Waals surface area contributed by atoms with Crippen LogP contribution in [0.15, 0.2) is 109 Å². The van der Waals surface area contributed by atoms with E-state index < -0.39 is 11.6 Å². The summed E-state index contributed by atoms with van der Waals surface area (Å²) >= 11 is 0. The fourth-order valence-electron chi connectivity index (χ4n) is 8.30. The highest BCUT2D eigenvalue weighted by Crippen LogP contribution is 2.65. The minimum absolute atomic E-state index is 0.0260. The summed E-state index contributed by atoms with van der Waals surface area (Å²) in [6.07, 6.45) is 1.67. The number of fused-ring (bicyclic) bond motifs is 1. The molecule has 1 N–H and O–H groups in total. The molecule has 218 valence electrons. The zero-order chi connectivity index (χ0) is 29.4. The van der Waals surface area contributed by atoms with E-state index in [2.05, 4.69) is 53.8 Å². The molecular weight excluding hydrogens is 536 g/mol. The molecule has 0 aromatic heterocycles. The molecular formula is C37H36N2O4. The molecule has 4 atom stereocenters. The van der Waals surface area contributed by atoms with Gasteiger partial charge >= 0.3 is 6.09 Å². The molecule has 4 aromatic rings. The van der Waals surface area contributed by atoms with E-state index in [1.54, 1.807) is 7.11 Å². The summed E-state index contributed by atoms with van der Waals surface area (Å²) in [6, 6.07) is 36.7. The van der Waals surface area contributed by atoms with Crippen molar-refractivity contribution >= 4 is 12.0 Å². The Morgan fingerprint density at radius 3 is 2.37 bits per heavy atom. The predicted octanol–water partition coefficient (Wildman–Crippen LogP) is 6.24. The number of hydrogen-bond donors (Lipinski definition) is 1. The third kappa shape index (κ3) is 4.48. The van der Waals surface area contributed by atoms with Crippen LogP contribution in [0.2, 0.25) is 0 Å². The molecule has 2 fully saturated rings. The number of carbonyl (C=O) groups excluding carboxylic acids is 2. The van der Waals surface area contributed by atoms with Crippen LogP contribution in [0, 0.1) is 5.92 Å². The molecule has 1 saturated heterocycles. The molecule has 0 spiro atoms. The Labute approximate surface area is 252 Å². The number of amides is 2. The van der Waals surface area contributed by atoms with Crippen LogP contribution < -0.4 is 10.1 Å². The summed E-state index contributed by atoms with van der Waals surface area (Å²) in [5, 5.41) is 3.42. The number of para-hydroxylation sites is 1. The molecule has 2 amide bonds. The Bertz CT molecular complexity index is 1640. The van der Waals surface area contributed by atoms with Gasteiger partial charge in [0.25, 0.3) is 0 Å². The maximum absolute atomic E-state index is 14.0. The van der Waals surface area contributed by atoms with Crippen LogP contribution in [0.1, 0.15) is 46.6 Å². The van der Waals surface area contributed by atoms with Gasteiger partial charge in [-0.3, -0.25) is 4.79 Å². The number of nitrogens with one attached hydrogen (secondary N) is 1. The number of hydrogen-bond acceptors (Lipinski definition) is 4. The Balaban J connectivity index is 1.29. The highest BCUT2D eigenvalue weighted by atomic mass is 16.5. The summed E-state index contributed by atoms with van der Waals surface area (Å²) in [6.45, 7) is 1.17. The quantitative estimate of drug-likeness (QED) is 0.285. The van der Waals surface area contributed by atoms with Gasteiger partial charge in [-0.2, -0.15) is 0 Å². The van der Waals surface area contributed by atoms with Crippen molar-refractivity contribution in [2.45, 2.75) is 42.7 Å². The number of alkyl carbamates (subject to hydrolysis) is 1. The monoisotopic (exact) mass is 572 g/mol. The van der Waals surface area contributed by atoms with Crippen LogP contribution in [0.3, 0.4) is 0 Å². The van der Waals surface area contributed by atoms with Crippen molar-refractivity contribution in [3.8, 4) is 5.75 Å². The molecule has 6 nitrogen and oxygen atoms in total. The lowest BCUT2D eigenvalue weighted by molar-refractivity contribution is -0.129. The normalized spacial score (nSPS) is 25.0. The van der Waals surface area contributed by atoms with E-state index in [1.807, 2.05) is 65.6 Å². The van der Waals surface area contributed by atoms with Gasteiger partial charge in [0, 0.05) is 35.9 Å².